The lowest BCUT2D eigenvalue weighted by Crippen LogP contribution is -2.54. The second-order valence-electron chi connectivity index (χ2n) is 7.86. The van der Waals surface area contributed by atoms with Crippen molar-refractivity contribution >= 4 is 41.2 Å². The highest BCUT2D eigenvalue weighted by molar-refractivity contribution is 6.39. The van der Waals surface area contributed by atoms with Gasteiger partial charge in [0.2, 0.25) is 0 Å². The van der Waals surface area contributed by atoms with Crippen molar-refractivity contribution in [2.45, 2.75) is 6.92 Å². The Hall–Kier alpha value is -4.92. The summed E-state index contributed by atoms with van der Waals surface area (Å²) in [5.74, 6) is -1.29. The third-order valence-electron chi connectivity index (χ3n) is 5.39. The number of urea groups is 1. The Labute approximate surface area is 207 Å². The van der Waals surface area contributed by atoms with E-state index in [0.29, 0.717) is 28.4 Å². The van der Waals surface area contributed by atoms with Gasteiger partial charge in [-0.05, 0) is 54.5 Å². The number of carbonyl (C=O) groups excluding carboxylic acids is 4. The number of barbiturate groups is 1. The summed E-state index contributed by atoms with van der Waals surface area (Å²) in [5, 5.41) is 4.97. The normalized spacial score (nSPS) is 14.4. The van der Waals surface area contributed by atoms with E-state index in [9.17, 15) is 19.2 Å². The molecule has 5 amide bonds. The van der Waals surface area contributed by atoms with Crippen molar-refractivity contribution in [2.75, 3.05) is 23.9 Å². The van der Waals surface area contributed by atoms with Crippen LogP contribution in [0, 0.1) is 6.92 Å². The Kier molecular flexibility index (Phi) is 7.10. The zero-order valence-electron chi connectivity index (χ0n) is 19.6. The molecule has 0 aliphatic carbocycles. The van der Waals surface area contributed by atoms with Gasteiger partial charge in [-0.1, -0.05) is 42.5 Å². The maximum absolute atomic E-state index is 13.0. The molecular formula is C27H23N3O6. The lowest BCUT2D eigenvalue weighted by Gasteiger charge is -2.26. The summed E-state index contributed by atoms with van der Waals surface area (Å²) in [5.41, 5.74) is 2.20. The van der Waals surface area contributed by atoms with E-state index in [2.05, 4.69) is 10.6 Å². The van der Waals surface area contributed by atoms with Crippen LogP contribution < -0.4 is 25.0 Å². The van der Waals surface area contributed by atoms with Crippen LogP contribution in [0.1, 0.15) is 11.1 Å². The summed E-state index contributed by atoms with van der Waals surface area (Å²) in [6, 6.07) is 19.6. The molecule has 1 heterocycles. The van der Waals surface area contributed by atoms with Crippen molar-refractivity contribution in [3.63, 3.8) is 0 Å². The molecule has 182 valence electrons. The average molecular weight is 485 g/mol. The maximum atomic E-state index is 13.0. The first-order chi connectivity index (χ1) is 17.4. The van der Waals surface area contributed by atoms with Gasteiger partial charge in [0.15, 0.2) is 18.1 Å². The fourth-order valence-electron chi connectivity index (χ4n) is 3.57. The van der Waals surface area contributed by atoms with E-state index >= 15 is 0 Å². The van der Waals surface area contributed by atoms with E-state index < -0.39 is 17.8 Å². The number of hydrogen-bond acceptors (Lipinski definition) is 6. The molecule has 0 radical (unpaired) electrons. The number of rotatable bonds is 7. The topological polar surface area (TPSA) is 114 Å². The lowest BCUT2D eigenvalue weighted by molar-refractivity contribution is -0.122. The fourth-order valence-corrected chi connectivity index (χ4v) is 3.57. The van der Waals surface area contributed by atoms with Crippen LogP contribution >= 0.6 is 0 Å². The third-order valence-corrected chi connectivity index (χ3v) is 5.39. The number of hydrogen-bond donors (Lipinski definition) is 2. The van der Waals surface area contributed by atoms with Crippen LogP contribution in [0.2, 0.25) is 0 Å². The van der Waals surface area contributed by atoms with Gasteiger partial charge >= 0.3 is 6.03 Å². The smallest absolute Gasteiger partial charge is 0.335 e. The second kappa shape index (κ2) is 10.6. The summed E-state index contributed by atoms with van der Waals surface area (Å²) in [6.07, 6.45) is 1.36. The standard InChI is InChI=1S/C27H23N3O6/c1-17-8-6-7-11-21(17)28-24(31)16-36-22-13-12-18(15-23(22)35-2)14-20-25(32)29-27(34)30(26(20)33)19-9-4-3-5-10-19/h3-15H,16H2,1-2H3,(H,28,31)(H,29,32,34)/b20-14-. The lowest BCUT2D eigenvalue weighted by atomic mass is 10.1. The molecule has 2 N–H and O–H groups in total. The van der Waals surface area contributed by atoms with Crippen LogP contribution in [0.3, 0.4) is 0 Å². The van der Waals surface area contributed by atoms with E-state index in [0.717, 1.165) is 10.5 Å². The Morgan fingerprint density at radius 1 is 0.972 bits per heavy atom. The minimum Gasteiger partial charge on any atom is -0.493 e. The van der Waals surface area contributed by atoms with Crippen molar-refractivity contribution in [3.05, 3.63) is 89.5 Å². The first-order valence-electron chi connectivity index (χ1n) is 11.0. The summed E-state index contributed by atoms with van der Waals surface area (Å²) < 4.78 is 11.0. The molecule has 1 aliphatic heterocycles. The van der Waals surface area contributed by atoms with Gasteiger partial charge in [-0.2, -0.15) is 0 Å². The Morgan fingerprint density at radius 2 is 1.69 bits per heavy atom. The minimum atomic E-state index is -0.821. The van der Waals surface area contributed by atoms with Gasteiger partial charge in [-0.25, -0.2) is 9.69 Å². The van der Waals surface area contributed by atoms with Crippen LogP contribution in [-0.4, -0.2) is 37.5 Å². The molecule has 0 bridgehead atoms. The number of ether oxygens (including phenoxy) is 2. The number of methoxy groups -OCH3 is 1. The molecule has 0 atom stereocenters. The summed E-state index contributed by atoms with van der Waals surface area (Å²) in [6.45, 7) is 1.64. The van der Waals surface area contributed by atoms with Gasteiger partial charge in [-0.3, -0.25) is 19.7 Å². The minimum absolute atomic E-state index is 0.216. The van der Waals surface area contributed by atoms with Crippen molar-refractivity contribution in [1.29, 1.82) is 0 Å². The highest BCUT2D eigenvalue weighted by Gasteiger charge is 2.36. The van der Waals surface area contributed by atoms with Crippen LogP contribution in [0.4, 0.5) is 16.2 Å². The number of carbonyl (C=O) groups is 4. The van der Waals surface area contributed by atoms with E-state index in [1.807, 2.05) is 25.1 Å². The molecule has 9 heteroatoms. The largest absolute Gasteiger partial charge is 0.493 e. The second-order valence-corrected chi connectivity index (χ2v) is 7.86. The molecule has 3 aromatic carbocycles. The number of benzene rings is 3. The fraction of sp³-hybridized carbons (Fsp3) is 0.111. The molecule has 1 saturated heterocycles. The number of nitrogens with one attached hydrogen (secondary N) is 2. The number of aryl methyl sites for hydroxylation is 1. The van der Waals surface area contributed by atoms with Gasteiger partial charge in [0.25, 0.3) is 17.7 Å². The molecule has 0 saturated carbocycles. The molecular weight excluding hydrogens is 462 g/mol. The molecule has 0 aromatic heterocycles. The quantitative estimate of drug-likeness (QED) is 0.390. The molecule has 3 aromatic rings. The molecule has 36 heavy (non-hydrogen) atoms. The zero-order chi connectivity index (χ0) is 25.7. The predicted molar refractivity (Wildman–Crippen MR) is 134 cm³/mol. The van der Waals surface area contributed by atoms with Crippen molar-refractivity contribution in [2.24, 2.45) is 0 Å². The van der Waals surface area contributed by atoms with E-state index in [1.165, 1.54) is 13.2 Å². The Bertz CT molecular complexity index is 1370. The Balaban J connectivity index is 1.51. The Morgan fingerprint density at radius 3 is 2.42 bits per heavy atom. The van der Waals surface area contributed by atoms with Gasteiger partial charge in [0, 0.05) is 5.69 Å². The van der Waals surface area contributed by atoms with Gasteiger partial charge < -0.3 is 14.8 Å². The molecule has 0 spiro atoms. The maximum Gasteiger partial charge on any atom is 0.335 e. The first-order valence-corrected chi connectivity index (χ1v) is 11.0. The van der Waals surface area contributed by atoms with Gasteiger partial charge in [0.1, 0.15) is 5.57 Å². The molecule has 1 aliphatic rings. The predicted octanol–water partition coefficient (Wildman–Crippen LogP) is 3.69. The number of anilines is 2. The van der Waals surface area contributed by atoms with Gasteiger partial charge in [0.05, 0.1) is 12.8 Å². The van der Waals surface area contributed by atoms with Crippen molar-refractivity contribution in [1.82, 2.24) is 5.32 Å². The molecule has 0 unspecified atom stereocenters. The van der Waals surface area contributed by atoms with E-state index in [4.69, 9.17) is 9.47 Å². The third kappa shape index (κ3) is 5.25. The number of imide groups is 2. The van der Waals surface area contributed by atoms with Crippen LogP contribution in [0.25, 0.3) is 6.08 Å². The van der Waals surface area contributed by atoms with Crippen LogP contribution in [-0.2, 0) is 14.4 Å². The van der Waals surface area contributed by atoms with E-state index in [-0.39, 0.29) is 18.1 Å². The van der Waals surface area contributed by atoms with Crippen molar-refractivity contribution < 1.29 is 28.7 Å². The van der Waals surface area contributed by atoms with Crippen LogP contribution in [0.5, 0.6) is 11.5 Å². The molecule has 1 fully saturated rings. The first kappa shape index (κ1) is 24.2. The highest BCUT2D eigenvalue weighted by atomic mass is 16.5. The monoisotopic (exact) mass is 485 g/mol. The SMILES string of the molecule is COc1cc(/C=C2/C(=O)NC(=O)N(c3ccccc3)C2=O)ccc1OCC(=O)Nc1ccccc1C. The summed E-state index contributed by atoms with van der Waals surface area (Å²) in [7, 11) is 1.43. The highest BCUT2D eigenvalue weighted by Crippen LogP contribution is 2.30. The van der Waals surface area contributed by atoms with Crippen molar-refractivity contribution in [3.8, 4) is 11.5 Å². The van der Waals surface area contributed by atoms with Gasteiger partial charge in [-0.15, -0.1) is 0 Å². The number of para-hydroxylation sites is 2. The zero-order valence-corrected chi connectivity index (χ0v) is 19.6. The van der Waals surface area contributed by atoms with Crippen LogP contribution in [0.15, 0.2) is 78.4 Å². The molecule has 9 nitrogen and oxygen atoms in total. The number of nitrogens with zero attached hydrogens (tertiary/aromatic N) is 1. The summed E-state index contributed by atoms with van der Waals surface area (Å²) in [4.78, 5) is 50.9. The molecule has 4 rings (SSSR count). The van der Waals surface area contributed by atoms with E-state index in [1.54, 1.807) is 54.6 Å². The number of amides is 5. The average Bonchev–Trinajstić information content (AvgIpc) is 2.87. The summed E-state index contributed by atoms with van der Waals surface area (Å²) >= 11 is 0.